The number of benzene rings is 2. The second kappa shape index (κ2) is 17.1. The Hall–Kier alpha value is -2.55. The molecule has 0 spiro atoms. The van der Waals surface area contributed by atoms with E-state index in [9.17, 15) is 4.79 Å². The molecule has 0 N–H and O–H groups in total. The molecule has 208 valence electrons. The van der Waals surface area contributed by atoms with Crippen molar-refractivity contribution in [3.63, 3.8) is 0 Å². The fourth-order valence-corrected chi connectivity index (χ4v) is 5.42. The summed E-state index contributed by atoms with van der Waals surface area (Å²) in [7, 11) is 0. The van der Waals surface area contributed by atoms with Crippen molar-refractivity contribution in [2.75, 3.05) is 6.61 Å². The minimum absolute atomic E-state index is 0.333. The van der Waals surface area contributed by atoms with Gasteiger partial charge in [-0.05, 0) is 98.7 Å². The molecule has 0 bridgehead atoms. The Bertz CT molecular complexity index is 936. The fourth-order valence-electron chi connectivity index (χ4n) is 5.42. The van der Waals surface area contributed by atoms with E-state index in [-0.39, 0.29) is 5.97 Å². The Balaban J connectivity index is 1.33. The van der Waals surface area contributed by atoms with Crippen molar-refractivity contribution in [1.82, 2.24) is 0 Å². The van der Waals surface area contributed by atoms with Gasteiger partial charge in [0, 0.05) is 0 Å². The monoisotopic (exact) mass is 518 g/mol. The zero-order valence-corrected chi connectivity index (χ0v) is 24.1. The first-order chi connectivity index (χ1) is 18.6. The van der Waals surface area contributed by atoms with Crippen molar-refractivity contribution in [2.45, 2.75) is 104 Å². The van der Waals surface area contributed by atoms with E-state index in [1.807, 2.05) is 24.3 Å². The number of carbonyl (C=O) groups is 1. The van der Waals surface area contributed by atoms with Crippen LogP contribution in [0.1, 0.15) is 114 Å². The zero-order valence-electron chi connectivity index (χ0n) is 24.1. The van der Waals surface area contributed by atoms with Crippen LogP contribution >= 0.6 is 0 Å². The summed E-state index contributed by atoms with van der Waals surface area (Å²) in [6, 6.07) is 15.3. The molecule has 3 rings (SSSR count). The van der Waals surface area contributed by atoms with Gasteiger partial charge >= 0.3 is 5.97 Å². The lowest BCUT2D eigenvalue weighted by Gasteiger charge is -2.28. The largest absolute Gasteiger partial charge is 0.494 e. The Morgan fingerprint density at radius 1 is 0.895 bits per heavy atom. The lowest BCUT2D eigenvalue weighted by atomic mass is 9.78. The number of aryl methyl sites for hydroxylation is 1. The molecule has 1 aliphatic rings. The first-order valence-corrected chi connectivity index (χ1v) is 15.2. The predicted octanol–water partition coefficient (Wildman–Crippen LogP) is 9.99. The van der Waals surface area contributed by atoms with Gasteiger partial charge in [-0.25, -0.2) is 4.79 Å². The Morgan fingerprint density at radius 3 is 2.21 bits per heavy atom. The van der Waals surface area contributed by atoms with Gasteiger partial charge in [-0.3, -0.25) is 0 Å². The maximum absolute atomic E-state index is 12.6. The molecule has 1 atom stereocenters. The molecule has 0 heterocycles. The van der Waals surface area contributed by atoms with Crippen LogP contribution in [0.15, 0.2) is 60.7 Å². The van der Waals surface area contributed by atoms with E-state index in [0.717, 1.165) is 43.0 Å². The lowest BCUT2D eigenvalue weighted by molar-refractivity contribution is 0.0734. The summed E-state index contributed by atoms with van der Waals surface area (Å²) in [6.07, 6.45) is 21.0. The van der Waals surface area contributed by atoms with Crippen molar-refractivity contribution >= 4 is 5.97 Å². The zero-order chi connectivity index (χ0) is 27.0. The summed E-state index contributed by atoms with van der Waals surface area (Å²) < 4.78 is 11.5. The summed E-state index contributed by atoms with van der Waals surface area (Å²) >= 11 is 0. The molecule has 0 aromatic heterocycles. The van der Waals surface area contributed by atoms with Crippen LogP contribution in [0.5, 0.6) is 11.5 Å². The third-order valence-corrected chi connectivity index (χ3v) is 8.32. The molecule has 1 fully saturated rings. The van der Waals surface area contributed by atoms with Gasteiger partial charge in [-0.1, -0.05) is 89.5 Å². The molecular formula is C35H50O3. The minimum atomic E-state index is -0.333. The minimum Gasteiger partial charge on any atom is -0.494 e. The molecule has 2 aromatic rings. The van der Waals surface area contributed by atoms with E-state index >= 15 is 0 Å². The SMILES string of the molecule is C/C=C/CC[C@H]1CC[C@H](CCc2ccc(OC(=O)c3ccc(OCCCCC[C@@H](C)CC)cc3)cc2)CC1. The summed E-state index contributed by atoms with van der Waals surface area (Å²) in [5.41, 5.74) is 1.86. The quantitative estimate of drug-likeness (QED) is 0.0959. The fraction of sp³-hybridized carbons (Fsp3) is 0.571. The van der Waals surface area contributed by atoms with Crippen LogP contribution in [0.4, 0.5) is 0 Å². The second-order valence-electron chi connectivity index (χ2n) is 11.3. The van der Waals surface area contributed by atoms with Crippen molar-refractivity contribution in [3.05, 3.63) is 71.8 Å². The number of ether oxygens (including phenoxy) is 2. The summed E-state index contributed by atoms with van der Waals surface area (Å²) in [5.74, 6) is 3.66. The number of hydrogen-bond acceptors (Lipinski definition) is 3. The Labute approximate surface area is 232 Å². The molecular weight excluding hydrogens is 468 g/mol. The van der Waals surface area contributed by atoms with Crippen LogP contribution in [0.3, 0.4) is 0 Å². The predicted molar refractivity (Wildman–Crippen MR) is 159 cm³/mol. The molecule has 0 aliphatic heterocycles. The number of allylic oxidation sites excluding steroid dienone is 2. The molecule has 2 aromatic carbocycles. The van der Waals surface area contributed by atoms with E-state index in [0.29, 0.717) is 11.3 Å². The van der Waals surface area contributed by atoms with Crippen LogP contribution in [-0.2, 0) is 6.42 Å². The van der Waals surface area contributed by atoms with Gasteiger partial charge in [0.2, 0.25) is 0 Å². The number of hydrogen-bond donors (Lipinski definition) is 0. The number of carbonyl (C=O) groups excluding carboxylic acids is 1. The van der Waals surface area contributed by atoms with Crippen LogP contribution in [0.25, 0.3) is 0 Å². The molecule has 3 nitrogen and oxygen atoms in total. The van der Waals surface area contributed by atoms with Gasteiger partial charge < -0.3 is 9.47 Å². The van der Waals surface area contributed by atoms with E-state index in [1.54, 1.807) is 12.1 Å². The van der Waals surface area contributed by atoms with E-state index in [2.05, 4.69) is 45.1 Å². The van der Waals surface area contributed by atoms with Gasteiger partial charge in [0.25, 0.3) is 0 Å². The highest BCUT2D eigenvalue weighted by Gasteiger charge is 2.20. The lowest BCUT2D eigenvalue weighted by Crippen LogP contribution is -2.15. The van der Waals surface area contributed by atoms with Crippen LogP contribution in [0, 0.1) is 17.8 Å². The second-order valence-corrected chi connectivity index (χ2v) is 11.3. The average molecular weight is 519 g/mol. The van der Waals surface area contributed by atoms with Gasteiger partial charge in [0.1, 0.15) is 11.5 Å². The van der Waals surface area contributed by atoms with Gasteiger partial charge in [-0.15, -0.1) is 0 Å². The van der Waals surface area contributed by atoms with Crippen molar-refractivity contribution in [2.24, 2.45) is 17.8 Å². The average Bonchev–Trinajstić information content (AvgIpc) is 2.95. The van der Waals surface area contributed by atoms with E-state index in [4.69, 9.17) is 9.47 Å². The topological polar surface area (TPSA) is 35.5 Å². The standard InChI is InChI=1S/C35H50O3/c1-4-6-8-12-29-13-15-30(16-14-29)17-18-31-19-23-34(24-20-31)38-35(36)32-21-25-33(26-22-32)37-27-10-7-9-11-28(3)5-2/h4,6,19-26,28-30H,5,7-18,27H2,1-3H3/b6-4+/t28-,29-,30-/m0/s1. The summed E-state index contributed by atoms with van der Waals surface area (Å²) in [6.45, 7) is 7.40. The van der Waals surface area contributed by atoms with E-state index in [1.165, 1.54) is 76.2 Å². The molecule has 1 saturated carbocycles. The van der Waals surface area contributed by atoms with Crippen molar-refractivity contribution in [1.29, 1.82) is 0 Å². The van der Waals surface area contributed by atoms with Gasteiger partial charge in [-0.2, -0.15) is 0 Å². The highest BCUT2D eigenvalue weighted by molar-refractivity contribution is 5.91. The highest BCUT2D eigenvalue weighted by Crippen LogP contribution is 2.34. The molecule has 3 heteroatoms. The maximum atomic E-state index is 12.6. The van der Waals surface area contributed by atoms with Crippen molar-refractivity contribution < 1.29 is 14.3 Å². The third-order valence-electron chi connectivity index (χ3n) is 8.32. The van der Waals surface area contributed by atoms with Crippen LogP contribution in [0.2, 0.25) is 0 Å². The first kappa shape index (κ1) is 30.0. The molecule has 0 radical (unpaired) electrons. The van der Waals surface area contributed by atoms with Crippen LogP contribution < -0.4 is 9.47 Å². The summed E-state index contributed by atoms with van der Waals surface area (Å²) in [4.78, 5) is 12.6. The highest BCUT2D eigenvalue weighted by atomic mass is 16.5. The third kappa shape index (κ3) is 11.1. The molecule has 0 amide bonds. The molecule has 0 unspecified atom stereocenters. The Kier molecular flexibility index (Phi) is 13.5. The number of unbranched alkanes of at least 4 members (excludes halogenated alkanes) is 2. The smallest absolute Gasteiger partial charge is 0.343 e. The summed E-state index contributed by atoms with van der Waals surface area (Å²) in [5, 5.41) is 0. The Morgan fingerprint density at radius 2 is 1.55 bits per heavy atom. The normalized spacial score (nSPS) is 18.4. The first-order valence-electron chi connectivity index (χ1n) is 15.2. The number of esters is 1. The van der Waals surface area contributed by atoms with Gasteiger partial charge in [0.15, 0.2) is 0 Å². The van der Waals surface area contributed by atoms with Crippen molar-refractivity contribution in [3.8, 4) is 11.5 Å². The maximum Gasteiger partial charge on any atom is 0.343 e. The van der Waals surface area contributed by atoms with Gasteiger partial charge in [0.05, 0.1) is 12.2 Å². The molecule has 1 aliphatic carbocycles. The number of rotatable bonds is 16. The van der Waals surface area contributed by atoms with E-state index < -0.39 is 0 Å². The molecule has 38 heavy (non-hydrogen) atoms. The van der Waals surface area contributed by atoms with Crippen LogP contribution in [-0.4, -0.2) is 12.6 Å². The molecule has 0 saturated heterocycles.